The Morgan fingerprint density at radius 3 is 2.78 bits per heavy atom. The summed E-state index contributed by atoms with van der Waals surface area (Å²) in [5.74, 6) is 2.36. The summed E-state index contributed by atoms with van der Waals surface area (Å²) in [5, 5.41) is 12.8. The summed E-state index contributed by atoms with van der Waals surface area (Å²) in [5.41, 5.74) is 1.21. The van der Waals surface area contributed by atoms with Crippen molar-refractivity contribution in [3.63, 3.8) is 0 Å². The zero-order valence-electron chi connectivity index (χ0n) is 13.1. The predicted octanol–water partition coefficient (Wildman–Crippen LogP) is 3.89. The maximum atomic E-state index is 12.2. The van der Waals surface area contributed by atoms with Crippen molar-refractivity contribution in [2.24, 2.45) is 17.8 Å². The Hall–Kier alpha value is -1.75. The van der Waals surface area contributed by atoms with Crippen LogP contribution in [0.5, 0.6) is 0 Å². The molecule has 0 aliphatic heterocycles. The second-order valence-corrected chi connectivity index (χ2v) is 7.91. The number of hydrogen-bond donors (Lipinski definition) is 1. The molecule has 1 N–H and O–H groups in total. The van der Waals surface area contributed by atoms with Gasteiger partial charge in [-0.1, -0.05) is 48.1 Å². The Bertz CT molecular complexity index is 685. The lowest BCUT2D eigenvalue weighted by atomic mass is 9.86. The molecule has 2 aliphatic rings. The van der Waals surface area contributed by atoms with Gasteiger partial charge in [0.05, 0.1) is 0 Å². The van der Waals surface area contributed by atoms with E-state index in [0.717, 1.165) is 23.3 Å². The van der Waals surface area contributed by atoms with E-state index >= 15 is 0 Å². The van der Waals surface area contributed by atoms with Crippen LogP contribution in [0.15, 0.2) is 30.3 Å². The Labute approximate surface area is 140 Å². The lowest BCUT2D eigenvalue weighted by Gasteiger charge is -2.20. The summed E-state index contributed by atoms with van der Waals surface area (Å²) in [4.78, 5) is 12.2. The Kier molecular flexibility index (Phi) is 4.12. The molecular formula is C18H21N3OS. The van der Waals surface area contributed by atoms with Gasteiger partial charge in [0.15, 0.2) is 0 Å². The van der Waals surface area contributed by atoms with E-state index < -0.39 is 0 Å². The number of carbonyl (C=O) groups excluding carboxylic acids is 1. The van der Waals surface area contributed by atoms with Crippen LogP contribution in [0.1, 0.15) is 42.7 Å². The highest BCUT2D eigenvalue weighted by Gasteiger charge is 2.40. The molecule has 2 aliphatic carbocycles. The molecule has 120 valence electrons. The van der Waals surface area contributed by atoms with Crippen molar-refractivity contribution in [1.29, 1.82) is 0 Å². The van der Waals surface area contributed by atoms with Crippen LogP contribution in [-0.4, -0.2) is 16.1 Å². The number of hydrogen-bond acceptors (Lipinski definition) is 4. The van der Waals surface area contributed by atoms with Crippen LogP contribution < -0.4 is 5.32 Å². The molecule has 1 aromatic heterocycles. The van der Waals surface area contributed by atoms with Gasteiger partial charge in [0.2, 0.25) is 11.0 Å². The molecule has 3 atom stereocenters. The van der Waals surface area contributed by atoms with Crippen molar-refractivity contribution in [2.45, 2.75) is 38.5 Å². The number of anilines is 1. The molecule has 5 heteroatoms. The van der Waals surface area contributed by atoms with Crippen LogP contribution in [-0.2, 0) is 11.2 Å². The average Bonchev–Trinajstić information content (AvgIpc) is 3.26. The van der Waals surface area contributed by atoms with Crippen molar-refractivity contribution in [2.75, 3.05) is 5.32 Å². The topological polar surface area (TPSA) is 54.9 Å². The maximum absolute atomic E-state index is 12.2. The van der Waals surface area contributed by atoms with Crippen LogP contribution in [0.3, 0.4) is 0 Å². The van der Waals surface area contributed by atoms with Gasteiger partial charge in [-0.05, 0) is 42.6 Å². The monoisotopic (exact) mass is 327 g/mol. The fourth-order valence-electron chi connectivity index (χ4n) is 4.18. The van der Waals surface area contributed by atoms with Crippen LogP contribution in [0.25, 0.3) is 0 Å². The Morgan fingerprint density at radius 2 is 2.04 bits per heavy atom. The largest absolute Gasteiger partial charge is 0.301 e. The van der Waals surface area contributed by atoms with E-state index in [4.69, 9.17) is 0 Å². The zero-order chi connectivity index (χ0) is 15.6. The van der Waals surface area contributed by atoms with Gasteiger partial charge in [-0.25, -0.2) is 0 Å². The van der Waals surface area contributed by atoms with Crippen molar-refractivity contribution >= 4 is 22.4 Å². The molecule has 23 heavy (non-hydrogen) atoms. The van der Waals surface area contributed by atoms with Gasteiger partial charge >= 0.3 is 0 Å². The summed E-state index contributed by atoms with van der Waals surface area (Å²) in [6, 6.07) is 10.2. The van der Waals surface area contributed by atoms with Crippen molar-refractivity contribution in [3.05, 3.63) is 40.9 Å². The maximum Gasteiger partial charge on any atom is 0.226 e. The first-order valence-electron chi connectivity index (χ1n) is 8.42. The minimum Gasteiger partial charge on any atom is -0.301 e. The van der Waals surface area contributed by atoms with E-state index in [2.05, 4.69) is 27.6 Å². The van der Waals surface area contributed by atoms with E-state index in [0.29, 0.717) is 17.5 Å². The number of fused-ring (bicyclic) bond motifs is 2. The summed E-state index contributed by atoms with van der Waals surface area (Å²) in [7, 11) is 0. The molecule has 0 saturated heterocycles. The number of benzene rings is 1. The molecule has 0 unspecified atom stereocenters. The normalized spacial score (nSPS) is 25.7. The van der Waals surface area contributed by atoms with Crippen LogP contribution in [0.4, 0.5) is 5.13 Å². The summed E-state index contributed by atoms with van der Waals surface area (Å²) >= 11 is 1.48. The lowest BCUT2D eigenvalue weighted by Crippen LogP contribution is -2.20. The third-order valence-corrected chi connectivity index (χ3v) is 6.08. The van der Waals surface area contributed by atoms with Crippen LogP contribution in [0.2, 0.25) is 0 Å². The summed E-state index contributed by atoms with van der Waals surface area (Å²) in [6.07, 6.45) is 6.70. The van der Waals surface area contributed by atoms with Gasteiger partial charge in [0.25, 0.3) is 0 Å². The van der Waals surface area contributed by atoms with E-state index in [1.54, 1.807) is 0 Å². The number of amides is 1. The van der Waals surface area contributed by atoms with Crippen LogP contribution >= 0.6 is 11.3 Å². The molecule has 0 spiro atoms. The van der Waals surface area contributed by atoms with Crippen molar-refractivity contribution in [1.82, 2.24) is 10.2 Å². The first kappa shape index (κ1) is 14.8. The number of rotatable bonds is 5. The third kappa shape index (κ3) is 3.44. The fourth-order valence-corrected chi connectivity index (χ4v) is 4.97. The minimum absolute atomic E-state index is 0.102. The van der Waals surface area contributed by atoms with Gasteiger partial charge in [0, 0.05) is 12.8 Å². The first-order chi connectivity index (χ1) is 11.3. The second kappa shape index (κ2) is 6.40. The van der Waals surface area contributed by atoms with Gasteiger partial charge in [-0.3, -0.25) is 4.79 Å². The standard InChI is InChI=1S/C18H21N3OS/c22-16(11-15-9-13-6-7-14(15)8-13)19-18-21-20-17(23-18)10-12-4-2-1-3-5-12/h1-5,13-15H,6-11H2,(H,19,21,22)/t13-,14+,15-/m0/s1. The van der Waals surface area contributed by atoms with Crippen molar-refractivity contribution in [3.8, 4) is 0 Å². The number of nitrogens with one attached hydrogen (secondary N) is 1. The Morgan fingerprint density at radius 1 is 1.17 bits per heavy atom. The molecule has 2 saturated carbocycles. The molecule has 4 nitrogen and oxygen atoms in total. The molecule has 2 aromatic rings. The lowest BCUT2D eigenvalue weighted by molar-refractivity contribution is -0.117. The molecule has 1 amide bonds. The molecule has 2 bridgehead atoms. The Balaban J connectivity index is 1.31. The zero-order valence-corrected chi connectivity index (χ0v) is 13.9. The summed E-state index contributed by atoms with van der Waals surface area (Å²) < 4.78 is 0. The van der Waals surface area contributed by atoms with E-state index in [1.807, 2.05) is 18.2 Å². The van der Waals surface area contributed by atoms with Gasteiger partial charge in [-0.15, -0.1) is 10.2 Å². The van der Waals surface area contributed by atoms with Gasteiger partial charge in [-0.2, -0.15) is 0 Å². The summed E-state index contributed by atoms with van der Waals surface area (Å²) in [6.45, 7) is 0. The third-order valence-electron chi connectivity index (χ3n) is 5.24. The predicted molar refractivity (Wildman–Crippen MR) is 91.3 cm³/mol. The van der Waals surface area contributed by atoms with E-state index in [9.17, 15) is 4.79 Å². The highest BCUT2D eigenvalue weighted by molar-refractivity contribution is 7.15. The van der Waals surface area contributed by atoms with E-state index in [-0.39, 0.29) is 5.91 Å². The first-order valence-corrected chi connectivity index (χ1v) is 9.24. The van der Waals surface area contributed by atoms with Crippen molar-refractivity contribution < 1.29 is 4.79 Å². The highest BCUT2D eigenvalue weighted by Crippen LogP contribution is 2.49. The smallest absolute Gasteiger partial charge is 0.226 e. The highest BCUT2D eigenvalue weighted by atomic mass is 32.1. The molecule has 4 rings (SSSR count). The molecular weight excluding hydrogens is 306 g/mol. The van der Waals surface area contributed by atoms with Gasteiger partial charge < -0.3 is 5.32 Å². The molecule has 0 radical (unpaired) electrons. The average molecular weight is 327 g/mol. The quantitative estimate of drug-likeness (QED) is 0.906. The molecule has 2 fully saturated rings. The number of nitrogens with zero attached hydrogens (tertiary/aromatic N) is 2. The number of aromatic nitrogens is 2. The van der Waals surface area contributed by atoms with E-state index in [1.165, 1.54) is 42.6 Å². The number of carbonyl (C=O) groups is 1. The SMILES string of the molecule is O=C(C[C@@H]1C[C@H]2CC[C@@H]1C2)Nc1nnc(Cc2ccccc2)s1. The molecule has 1 heterocycles. The minimum atomic E-state index is 0.102. The van der Waals surface area contributed by atoms with Crippen LogP contribution in [0, 0.1) is 17.8 Å². The van der Waals surface area contributed by atoms with Gasteiger partial charge in [0.1, 0.15) is 5.01 Å². The second-order valence-electron chi connectivity index (χ2n) is 6.85. The fraction of sp³-hybridized carbons (Fsp3) is 0.500. The molecule has 1 aromatic carbocycles.